The Hall–Kier alpha value is 0.0469. The van der Waals surface area contributed by atoms with E-state index in [1.54, 1.807) is 0 Å². The molecular formula is C10H21OSi+. The van der Waals surface area contributed by atoms with E-state index in [1.807, 2.05) is 0 Å². The molecule has 0 N–H and O–H groups in total. The average molecular weight is 185 g/mol. The highest BCUT2D eigenvalue weighted by Gasteiger charge is 2.27. The summed E-state index contributed by atoms with van der Waals surface area (Å²) in [7, 11) is -1.30. The summed E-state index contributed by atoms with van der Waals surface area (Å²) in [6.45, 7) is 8.86. The highest BCUT2D eigenvalue weighted by atomic mass is 28.4. The van der Waals surface area contributed by atoms with Crippen LogP contribution in [-0.2, 0) is 4.43 Å². The third-order valence-electron chi connectivity index (χ3n) is 2.26. The van der Waals surface area contributed by atoms with Crippen molar-refractivity contribution in [2.45, 2.75) is 51.7 Å². The Morgan fingerprint density at radius 3 is 2.17 bits per heavy atom. The van der Waals surface area contributed by atoms with Crippen molar-refractivity contribution in [1.29, 1.82) is 0 Å². The predicted octanol–water partition coefficient (Wildman–Crippen LogP) is 3.58. The van der Waals surface area contributed by atoms with Crippen LogP contribution in [0.15, 0.2) is 0 Å². The maximum atomic E-state index is 5.78. The topological polar surface area (TPSA) is 9.23 Å². The maximum Gasteiger partial charge on any atom is 0.253 e. The second kappa shape index (κ2) is 4.33. The summed E-state index contributed by atoms with van der Waals surface area (Å²) in [6, 6.07) is 0. The van der Waals surface area contributed by atoms with Gasteiger partial charge in [0.05, 0.1) is 0 Å². The number of hydrogen-bond donors (Lipinski definition) is 0. The van der Waals surface area contributed by atoms with Crippen LogP contribution in [0.5, 0.6) is 0 Å². The van der Waals surface area contributed by atoms with E-state index in [0.29, 0.717) is 0 Å². The molecule has 0 bridgehead atoms. The van der Waals surface area contributed by atoms with Gasteiger partial charge in [-0.15, -0.1) is 0 Å². The van der Waals surface area contributed by atoms with Crippen LogP contribution in [0.3, 0.4) is 0 Å². The molecule has 0 saturated heterocycles. The monoisotopic (exact) mass is 185 g/mol. The summed E-state index contributed by atoms with van der Waals surface area (Å²) in [5, 5.41) is 0. The van der Waals surface area contributed by atoms with Gasteiger partial charge in [-0.05, 0) is 45.3 Å². The van der Waals surface area contributed by atoms with E-state index in [4.69, 9.17) is 4.43 Å². The van der Waals surface area contributed by atoms with E-state index in [-0.39, 0.29) is 0 Å². The summed E-state index contributed by atoms with van der Waals surface area (Å²) in [6.07, 6.45) is 6.93. The molecule has 0 amide bonds. The van der Waals surface area contributed by atoms with Gasteiger partial charge in [0.15, 0.2) is 0 Å². The van der Waals surface area contributed by atoms with Crippen LogP contribution >= 0.6 is 0 Å². The quantitative estimate of drug-likeness (QED) is 0.482. The van der Waals surface area contributed by atoms with Crippen molar-refractivity contribution in [3.8, 4) is 0 Å². The Morgan fingerprint density at radius 2 is 1.67 bits per heavy atom. The summed E-state index contributed by atoms with van der Waals surface area (Å²) in [5.74, 6) is 0.755. The Morgan fingerprint density at radius 1 is 1.08 bits per heavy atom. The molecule has 1 saturated carbocycles. The molecule has 0 atom stereocenters. The van der Waals surface area contributed by atoms with Gasteiger partial charge in [-0.1, -0.05) is 6.42 Å². The molecule has 1 aliphatic rings. The molecule has 12 heavy (non-hydrogen) atoms. The van der Waals surface area contributed by atoms with Crippen LogP contribution in [0, 0.1) is 12.5 Å². The third kappa shape index (κ3) is 4.17. The lowest BCUT2D eigenvalue weighted by Crippen LogP contribution is -2.26. The van der Waals surface area contributed by atoms with Crippen LogP contribution in [0.2, 0.25) is 19.6 Å². The van der Waals surface area contributed by atoms with E-state index in [9.17, 15) is 0 Å². The lowest BCUT2D eigenvalue weighted by Gasteiger charge is -2.17. The van der Waals surface area contributed by atoms with Gasteiger partial charge < -0.3 is 0 Å². The Kier molecular flexibility index (Phi) is 3.66. The zero-order valence-electron chi connectivity index (χ0n) is 8.60. The van der Waals surface area contributed by atoms with Gasteiger partial charge in [-0.2, -0.15) is 0 Å². The average Bonchev–Trinajstić information content (AvgIpc) is 2.02. The van der Waals surface area contributed by atoms with Gasteiger partial charge >= 0.3 is 0 Å². The van der Waals surface area contributed by atoms with E-state index in [0.717, 1.165) is 5.92 Å². The molecule has 1 nitrogen and oxygen atoms in total. The fourth-order valence-electron chi connectivity index (χ4n) is 1.57. The molecule has 2 heteroatoms. The molecule has 0 aromatic heterocycles. The molecule has 0 aromatic rings. The summed E-state index contributed by atoms with van der Waals surface area (Å²) in [4.78, 5) is 0. The smallest absolute Gasteiger partial charge is 0.247 e. The molecule has 1 aliphatic carbocycles. The molecule has 70 valence electrons. The van der Waals surface area contributed by atoms with Crippen molar-refractivity contribution in [1.82, 2.24) is 0 Å². The summed E-state index contributed by atoms with van der Waals surface area (Å²) < 4.78 is 5.78. The van der Waals surface area contributed by atoms with E-state index in [2.05, 4.69) is 26.2 Å². The van der Waals surface area contributed by atoms with Crippen molar-refractivity contribution in [3.05, 3.63) is 6.61 Å². The normalized spacial score (nSPS) is 20.9. The Bertz CT molecular complexity index is 122. The van der Waals surface area contributed by atoms with Crippen LogP contribution < -0.4 is 0 Å². The predicted molar refractivity (Wildman–Crippen MR) is 55.3 cm³/mol. The van der Waals surface area contributed by atoms with Gasteiger partial charge in [0.2, 0.25) is 6.61 Å². The van der Waals surface area contributed by atoms with Gasteiger partial charge in [0, 0.05) is 0 Å². The van der Waals surface area contributed by atoms with E-state index in [1.165, 1.54) is 32.1 Å². The molecule has 0 aliphatic heterocycles. The molecule has 1 fully saturated rings. The molecular weight excluding hydrogens is 164 g/mol. The van der Waals surface area contributed by atoms with Crippen LogP contribution in [0.25, 0.3) is 0 Å². The summed E-state index contributed by atoms with van der Waals surface area (Å²) >= 11 is 0. The number of rotatable bonds is 3. The minimum absolute atomic E-state index is 0.755. The molecule has 0 unspecified atom stereocenters. The first kappa shape index (κ1) is 10.1. The molecule has 0 radical (unpaired) electrons. The van der Waals surface area contributed by atoms with Crippen LogP contribution in [0.1, 0.15) is 32.1 Å². The molecule has 1 rings (SSSR count). The lowest BCUT2D eigenvalue weighted by molar-refractivity contribution is 0.274. The fraction of sp³-hybridized carbons (Fsp3) is 0.900. The Labute approximate surface area is 77.6 Å². The first-order chi connectivity index (χ1) is 5.58. The van der Waals surface area contributed by atoms with Crippen molar-refractivity contribution in [2.24, 2.45) is 5.92 Å². The van der Waals surface area contributed by atoms with Gasteiger partial charge in [-0.25, -0.2) is 4.43 Å². The lowest BCUT2D eigenvalue weighted by atomic mass is 9.90. The second-order valence-corrected chi connectivity index (χ2v) is 9.22. The highest BCUT2D eigenvalue weighted by molar-refractivity contribution is 6.69. The standard InChI is InChI=1S/C10H21OSi/c1-12(2,3)11-9-10-7-5-4-6-8-10/h9-10H,4-8H2,1-3H3/q+1. The van der Waals surface area contributed by atoms with Gasteiger partial charge in [-0.3, -0.25) is 0 Å². The highest BCUT2D eigenvalue weighted by Crippen LogP contribution is 2.26. The van der Waals surface area contributed by atoms with Crippen molar-refractivity contribution in [3.63, 3.8) is 0 Å². The number of hydrogen-bond acceptors (Lipinski definition) is 1. The second-order valence-electron chi connectivity index (χ2n) is 4.76. The fourth-order valence-corrected chi connectivity index (χ4v) is 2.17. The third-order valence-corrected chi connectivity index (χ3v) is 3.11. The Balaban J connectivity index is 2.13. The van der Waals surface area contributed by atoms with Gasteiger partial charge in [0.25, 0.3) is 8.32 Å². The molecule has 0 spiro atoms. The maximum absolute atomic E-state index is 5.78. The first-order valence-electron chi connectivity index (χ1n) is 5.09. The first-order valence-corrected chi connectivity index (χ1v) is 8.50. The van der Waals surface area contributed by atoms with Crippen LogP contribution in [0.4, 0.5) is 0 Å². The molecule has 0 aromatic carbocycles. The largest absolute Gasteiger partial charge is 0.253 e. The van der Waals surface area contributed by atoms with Crippen LogP contribution in [-0.4, -0.2) is 8.32 Å². The van der Waals surface area contributed by atoms with Crippen molar-refractivity contribution >= 4 is 8.32 Å². The minimum atomic E-state index is -1.30. The summed E-state index contributed by atoms with van der Waals surface area (Å²) in [5.41, 5.74) is 0. The SMILES string of the molecule is C[Si](C)(C)O[CH+]C1CCCCC1. The van der Waals surface area contributed by atoms with Crippen molar-refractivity contribution in [2.75, 3.05) is 0 Å². The van der Waals surface area contributed by atoms with E-state index < -0.39 is 8.32 Å². The van der Waals surface area contributed by atoms with Gasteiger partial charge in [0.1, 0.15) is 5.92 Å². The zero-order chi connectivity index (χ0) is 9.03. The van der Waals surface area contributed by atoms with Crippen molar-refractivity contribution < 1.29 is 4.43 Å². The molecule has 0 heterocycles. The zero-order valence-corrected chi connectivity index (χ0v) is 9.60. The van der Waals surface area contributed by atoms with E-state index >= 15 is 0 Å². The minimum Gasteiger partial charge on any atom is -0.247 e.